The summed E-state index contributed by atoms with van der Waals surface area (Å²) in [6, 6.07) is 9.18. The molecule has 1 aromatic heterocycles. The molecule has 148 valence electrons. The molecule has 0 amide bonds. The van der Waals surface area contributed by atoms with Gasteiger partial charge in [0.2, 0.25) is 0 Å². The van der Waals surface area contributed by atoms with E-state index in [4.69, 9.17) is 0 Å². The summed E-state index contributed by atoms with van der Waals surface area (Å²) >= 11 is 0. The highest BCUT2D eigenvalue weighted by Crippen LogP contribution is 2.30. The van der Waals surface area contributed by atoms with E-state index in [-0.39, 0.29) is 24.0 Å². The Hall–Kier alpha value is -2.24. The van der Waals surface area contributed by atoms with Gasteiger partial charge >= 0.3 is 0 Å². The van der Waals surface area contributed by atoms with Gasteiger partial charge in [-0.1, -0.05) is 6.92 Å². The first-order valence-corrected chi connectivity index (χ1v) is 9.61. The molecule has 4 nitrogen and oxygen atoms in total. The minimum absolute atomic E-state index is 0. The predicted octanol–water partition coefficient (Wildman–Crippen LogP) is 4.00. The predicted molar refractivity (Wildman–Crippen MR) is 113 cm³/mol. The van der Waals surface area contributed by atoms with Crippen LogP contribution in [0.15, 0.2) is 42.1 Å². The summed E-state index contributed by atoms with van der Waals surface area (Å²) in [4.78, 5) is 21.8. The van der Waals surface area contributed by atoms with Crippen LogP contribution in [0.25, 0.3) is 6.08 Å². The maximum Gasteiger partial charge on any atom is 0.189 e. The third-order valence-electron chi connectivity index (χ3n) is 5.55. The average molecular weight is 402 g/mol. The van der Waals surface area contributed by atoms with Crippen LogP contribution >= 0.6 is 12.4 Å². The fraction of sp³-hybridized carbons (Fsp3) is 0.364. The number of carbonyl (C=O) groups is 1. The van der Waals surface area contributed by atoms with E-state index in [1.807, 2.05) is 6.07 Å². The van der Waals surface area contributed by atoms with Crippen molar-refractivity contribution in [2.24, 2.45) is 0 Å². The number of halogens is 2. The Bertz CT molecular complexity index is 874. The van der Waals surface area contributed by atoms with Crippen molar-refractivity contribution in [2.45, 2.75) is 19.8 Å². The van der Waals surface area contributed by atoms with Crippen LogP contribution in [0.3, 0.4) is 0 Å². The van der Waals surface area contributed by atoms with Crippen molar-refractivity contribution in [1.29, 1.82) is 0 Å². The van der Waals surface area contributed by atoms with E-state index in [2.05, 4.69) is 33.8 Å². The topological polar surface area (TPSA) is 36.4 Å². The zero-order chi connectivity index (χ0) is 18.8. The van der Waals surface area contributed by atoms with Crippen LogP contribution in [-0.2, 0) is 6.42 Å². The lowest BCUT2D eigenvalue weighted by atomic mass is 9.86. The summed E-state index contributed by atoms with van der Waals surface area (Å²) < 4.78 is 13.0. The van der Waals surface area contributed by atoms with E-state index in [9.17, 15) is 9.18 Å². The number of carbonyl (C=O) groups excluding carboxylic acids is 1. The Kier molecular flexibility index (Phi) is 6.47. The number of hydrogen-bond acceptors (Lipinski definition) is 4. The molecule has 0 bridgehead atoms. The van der Waals surface area contributed by atoms with Crippen LogP contribution in [0.4, 0.5) is 10.1 Å². The third kappa shape index (κ3) is 4.26. The van der Waals surface area contributed by atoms with Crippen LogP contribution in [0.2, 0.25) is 0 Å². The highest BCUT2D eigenvalue weighted by Gasteiger charge is 2.24. The first-order chi connectivity index (χ1) is 13.1. The quantitative estimate of drug-likeness (QED) is 0.728. The minimum atomic E-state index is -0.371. The first-order valence-electron chi connectivity index (χ1n) is 9.61. The van der Waals surface area contributed by atoms with Gasteiger partial charge in [0, 0.05) is 43.0 Å². The fourth-order valence-electron chi connectivity index (χ4n) is 3.87. The number of Topliss-reactive ketones (excluding diaryl/α,β-unsaturated/α-hetero) is 1. The van der Waals surface area contributed by atoms with Crippen molar-refractivity contribution in [1.82, 2.24) is 9.88 Å². The minimum Gasteiger partial charge on any atom is -0.369 e. The van der Waals surface area contributed by atoms with Gasteiger partial charge in [0.1, 0.15) is 5.82 Å². The van der Waals surface area contributed by atoms with Crippen LogP contribution in [0.5, 0.6) is 0 Å². The normalized spacial score (nSPS) is 18.7. The van der Waals surface area contributed by atoms with Crippen LogP contribution in [0.1, 0.15) is 35.0 Å². The van der Waals surface area contributed by atoms with Crippen LogP contribution in [-0.4, -0.2) is 48.4 Å². The van der Waals surface area contributed by atoms with Gasteiger partial charge in [-0.2, -0.15) is 0 Å². The van der Waals surface area contributed by atoms with Gasteiger partial charge in [-0.15, -0.1) is 12.4 Å². The molecule has 4 rings (SSSR count). The zero-order valence-corrected chi connectivity index (χ0v) is 16.8. The van der Waals surface area contributed by atoms with E-state index in [1.165, 1.54) is 18.0 Å². The third-order valence-corrected chi connectivity index (χ3v) is 5.55. The molecule has 1 aliphatic carbocycles. The number of benzene rings is 1. The molecule has 0 spiro atoms. The highest BCUT2D eigenvalue weighted by atomic mass is 35.5. The van der Waals surface area contributed by atoms with Crippen molar-refractivity contribution in [3.05, 3.63) is 64.7 Å². The fourth-order valence-corrected chi connectivity index (χ4v) is 3.87. The molecule has 0 saturated carbocycles. The molecule has 0 atom stereocenters. The van der Waals surface area contributed by atoms with Gasteiger partial charge in [-0.05, 0) is 61.4 Å². The van der Waals surface area contributed by atoms with Crippen LogP contribution in [0, 0.1) is 5.82 Å². The smallest absolute Gasteiger partial charge is 0.189 e. The molecular weight excluding hydrogens is 377 g/mol. The van der Waals surface area contributed by atoms with E-state index in [1.54, 1.807) is 12.1 Å². The molecule has 2 aliphatic rings. The number of fused-ring (bicyclic) bond motifs is 1. The Labute approximate surface area is 171 Å². The van der Waals surface area contributed by atoms with Crippen molar-refractivity contribution in [3.63, 3.8) is 0 Å². The Morgan fingerprint density at radius 1 is 1.11 bits per heavy atom. The van der Waals surface area contributed by atoms with Gasteiger partial charge in [-0.25, -0.2) is 4.39 Å². The lowest BCUT2D eigenvalue weighted by Crippen LogP contribution is -2.46. The second-order valence-corrected chi connectivity index (χ2v) is 7.16. The molecule has 28 heavy (non-hydrogen) atoms. The molecule has 2 heterocycles. The number of rotatable bonds is 3. The van der Waals surface area contributed by atoms with Gasteiger partial charge < -0.3 is 9.80 Å². The molecular formula is C22H25ClFN3O. The monoisotopic (exact) mass is 401 g/mol. The number of pyridine rings is 1. The van der Waals surface area contributed by atoms with Crippen molar-refractivity contribution in [3.8, 4) is 0 Å². The SMILES string of the molecule is CCN1CCN(c2ccc3c(c2)CC/C(=C\c2ccc(F)cn2)C3=O)CC1.Cl. The number of anilines is 1. The van der Waals surface area contributed by atoms with Crippen molar-refractivity contribution in [2.75, 3.05) is 37.6 Å². The lowest BCUT2D eigenvalue weighted by Gasteiger charge is -2.36. The van der Waals surface area contributed by atoms with Gasteiger partial charge in [0.15, 0.2) is 5.78 Å². The summed E-state index contributed by atoms with van der Waals surface area (Å²) in [6.45, 7) is 7.54. The number of likely N-dealkylation sites (N-methyl/N-ethyl adjacent to an activating group) is 1. The Morgan fingerprint density at radius 3 is 2.57 bits per heavy atom. The number of nitrogens with zero attached hydrogens (tertiary/aromatic N) is 3. The van der Waals surface area contributed by atoms with Gasteiger partial charge in [0.05, 0.1) is 11.9 Å². The van der Waals surface area contributed by atoms with E-state index < -0.39 is 0 Å². The second kappa shape index (κ2) is 8.84. The number of ketones is 1. The molecule has 1 saturated heterocycles. The van der Waals surface area contributed by atoms with Crippen molar-refractivity contribution >= 4 is 30.0 Å². The standard InChI is InChI=1S/C22H24FN3O.ClH/c1-2-25-9-11-26(12-10-25)20-7-8-21-16(14-20)3-4-17(22(21)27)13-19-6-5-18(23)15-24-19;/h5-8,13-15H,2-4,9-12H2,1H3;1H/b17-13+;. The molecule has 0 N–H and O–H groups in total. The molecule has 1 aromatic carbocycles. The van der Waals surface area contributed by atoms with Crippen molar-refractivity contribution < 1.29 is 9.18 Å². The highest BCUT2D eigenvalue weighted by molar-refractivity contribution is 6.13. The molecule has 6 heteroatoms. The molecule has 0 unspecified atom stereocenters. The lowest BCUT2D eigenvalue weighted by molar-refractivity contribution is 0.102. The number of aromatic nitrogens is 1. The maximum atomic E-state index is 13.0. The summed E-state index contributed by atoms with van der Waals surface area (Å²) in [6.07, 6.45) is 4.50. The second-order valence-electron chi connectivity index (χ2n) is 7.16. The summed E-state index contributed by atoms with van der Waals surface area (Å²) in [5.41, 5.74) is 4.48. The van der Waals surface area contributed by atoms with Gasteiger partial charge in [0.25, 0.3) is 0 Å². The summed E-state index contributed by atoms with van der Waals surface area (Å²) in [5, 5.41) is 0. The van der Waals surface area contributed by atoms with Crippen LogP contribution < -0.4 is 4.90 Å². The largest absolute Gasteiger partial charge is 0.369 e. The number of piperazine rings is 1. The molecule has 1 fully saturated rings. The summed E-state index contributed by atoms with van der Waals surface area (Å²) in [5.74, 6) is -0.311. The number of hydrogen-bond donors (Lipinski definition) is 0. The number of allylic oxidation sites excluding steroid dienone is 1. The summed E-state index contributed by atoms with van der Waals surface area (Å²) in [7, 11) is 0. The average Bonchev–Trinajstić information content (AvgIpc) is 2.71. The Balaban J connectivity index is 0.00000225. The van der Waals surface area contributed by atoms with E-state index in [0.29, 0.717) is 12.1 Å². The molecule has 0 radical (unpaired) electrons. The number of aryl methyl sites for hydroxylation is 1. The first kappa shape index (κ1) is 20.5. The Morgan fingerprint density at radius 2 is 1.89 bits per heavy atom. The molecule has 2 aromatic rings. The van der Waals surface area contributed by atoms with E-state index >= 15 is 0 Å². The molecule has 1 aliphatic heterocycles. The zero-order valence-electron chi connectivity index (χ0n) is 16.0. The maximum absolute atomic E-state index is 13.0. The van der Waals surface area contributed by atoms with Gasteiger partial charge in [-0.3, -0.25) is 9.78 Å². The van der Waals surface area contributed by atoms with E-state index in [0.717, 1.165) is 55.8 Å².